The first-order valence-electron chi connectivity index (χ1n) is 7.13. The van der Waals surface area contributed by atoms with Crippen LogP contribution in [0, 0.1) is 6.42 Å². The van der Waals surface area contributed by atoms with Gasteiger partial charge in [-0.2, -0.15) is 0 Å². The van der Waals surface area contributed by atoms with Crippen LogP contribution in [0.3, 0.4) is 0 Å². The van der Waals surface area contributed by atoms with Crippen molar-refractivity contribution in [3.05, 3.63) is 66.6 Å². The molecular weight excluding hydrogens is 228 g/mol. The number of benzene rings is 3. The number of hydrogen-bond acceptors (Lipinski definition) is 0. The fourth-order valence-corrected chi connectivity index (χ4v) is 2.63. The van der Waals surface area contributed by atoms with Crippen LogP contribution >= 0.6 is 0 Å². The molecule has 95 valence electrons. The van der Waals surface area contributed by atoms with Crippen LogP contribution in [0.15, 0.2) is 54.6 Å². The monoisotopic (exact) mass is 247 g/mol. The predicted octanol–water partition coefficient (Wildman–Crippen LogP) is 5.74. The molecule has 0 atom stereocenters. The van der Waals surface area contributed by atoms with E-state index in [2.05, 4.69) is 67.9 Å². The summed E-state index contributed by atoms with van der Waals surface area (Å²) in [6.45, 7) is 2.24. The Bertz CT molecular complexity index is 695. The van der Waals surface area contributed by atoms with E-state index in [9.17, 15) is 0 Å². The van der Waals surface area contributed by atoms with Crippen LogP contribution in [0.5, 0.6) is 0 Å². The Balaban J connectivity index is 2.09. The molecule has 0 saturated heterocycles. The van der Waals surface area contributed by atoms with Crippen molar-refractivity contribution in [2.24, 2.45) is 0 Å². The van der Waals surface area contributed by atoms with E-state index in [1.54, 1.807) is 0 Å². The number of rotatable bonds is 4. The summed E-state index contributed by atoms with van der Waals surface area (Å²) in [5.74, 6) is 0. The van der Waals surface area contributed by atoms with Gasteiger partial charge in [0.05, 0.1) is 0 Å². The molecule has 0 aliphatic rings. The standard InChI is InChI=1S/C19H19/c1-2-3-4-8-15-11-7-12-18-13-16-9-5-6-10-17(16)14-19(15)18/h5-14H,2-4H2,1H3. The minimum absolute atomic E-state index is 1.17. The molecule has 3 rings (SSSR count). The quantitative estimate of drug-likeness (QED) is 0.407. The highest BCUT2D eigenvalue weighted by Crippen LogP contribution is 2.27. The molecule has 1 radical (unpaired) electrons. The molecule has 0 bridgehead atoms. The topological polar surface area (TPSA) is 0 Å². The average molecular weight is 247 g/mol. The first kappa shape index (κ1) is 12.2. The van der Waals surface area contributed by atoms with E-state index in [0.717, 1.165) is 0 Å². The summed E-state index contributed by atoms with van der Waals surface area (Å²) in [5, 5.41) is 5.35. The maximum Gasteiger partial charge on any atom is -0.00867 e. The molecule has 3 aromatic carbocycles. The maximum atomic E-state index is 2.38. The molecule has 0 nitrogen and oxygen atoms in total. The molecule has 0 spiro atoms. The van der Waals surface area contributed by atoms with E-state index in [1.165, 1.54) is 46.4 Å². The third-order valence-corrected chi connectivity index (χ3v) is 3.70. The highest BCUT2D eigenvalue weighted by Gasteiger charge is 2.03. The summed E-state index contributed by atoms with van der Waals surface area (Å²) in [7, 11) is 0. The largest absolute Gasteiger partial charge is 0.0654 e. The Morgan fingerprint density at radius 1 is 0.842 bits per heavy atom. The Labute approximate surface area is 115 Å². The predicted molar refractivity (Wildman–Crippen MR) is 84.4 cm³/mol. The molecule has 0 N–H and O–H groups in total. The first-order valence-corrected chi connectivity index (χ1v) is 7.13. The van der Waals surface area contributed by atoms with Crippen LogP contribution in [0.25, 0.3) is 21.5 Å². The lowest BCUT2D eigenvalue weighted by Gasteiger charge is -2.08. The normalized spacial score (nSPS) is 11.2. The van der Waals surface area contributed by atoms with Gasteiger partial charge in [0.2, 0.25) is 0 Å². The minimum atomic E-state index is 1.17. The van der Waals surface area contributed by atoms with Crippen molar-refractivity contribution in [2.75, 3.05) is 0 Å². The van der Waals surface area contributed by atoms with E-state index in [-0.39, 0.29) is 0 Å². The molecule has 3 aromatic rings. The average Bonchev–Trinajstić information content (AvgIpc) is 2.46. The zero-order chi connectivity index (χ0) is 13.1. The van der Waals surface area contributed by atoms with Crippen molar-refractivity contribution in [3.63, 3.8) is 0 Å². The molecule has 0 fully saturated rings. The summed E-state index contributed by atoms with van der Waals surface area (Å²) in [4.78, 5) is 0. The van der Waals surface area contributed by atoms with Crippen LogP contribution in [0.4, 0.5) is 0 Å². The van der Waals surface area contributed by atoms with Crippen molar-refractivity contribution in [2.45, 2.75) is 26.2 Å². The highest BCUT2D eigenvalue weighted by molar-refractivity contribution is 6.00. The first-order chi connectivity index (χ1) is 9.38. The van der Waals surface area contributed by atoms with Gasteiger partial charge in [-0.05, 0) is 52.1 Å². The Kier molecular flexibility index (Phi) is 3.50. The molecule has 0 aliphatic carbocycles. The molecule has 0 saturated carbocycles. The minimum Gasteiger partial charge on any atom is -0.0654 e. The van der Waals surface area contributed by atoms with Crippen molar-refractivity contribution in [3.8, 4) is 0 Å². The molecule has 0 aromatic heterocycles. The molecule has 0 aliphatic heterocycles. The lowest BCUT2D eigenvalue weighted by molar-refractivity contribution is 0.792. The molecule has 19 heavy (non-hydrogen) atoms. The van der Waals surface area contributed by atoms with Crippen LogP contribution in [0.1, 0.15) is 31.7 Å². The van der Waals surface area contributed by atoms with Crippen LogP contribution in [-0.2, 0) is 0 Å². The molecular formula is C19H19. The van der Waals surface area contributed by atoms with Crippen molar-refractivity contribution in [1.82, 2.24) is 0 Å². The second kappa shape index (κ2) is 5.44. The van der Waals surface area contributed by atoms with Crippen LogP contribution in [-0.4, -0.2) is 0 Å². The van der Waals surface area contributed by atoms with Gasteiger partial charge in [0, 0.05) is 0 Å². The van der Waals surface area contributed by atoms with E-state index >= 15 is 0 Å². The molecule has 0 amide bonds. The smallest absolute Gasteiger partial charge is 0.00867 e. The zero-order valence-electron chi connectivity index (χ0n) is 11.4. The summed E-state index contributed by atoms with van der Waals surface area (Å²) >= 11 is 0. The van der Waals surface area contributed by atoms with Gasteiger partial charge in [-0.15, -0.1) is 0 Å². The number of hydrogen-bond donors (Lipinski definition) is 0. The summed E-state index contributed by atoms with van der Waals surface area (Å²) in [6.07, 6.45) is 6.07. The SMILES string of the molecule is CCCC[CH]c1cccc2cc3ccccc3cc12. The van der Waals surface area contributed by atoms with Crippen LogP contribution < -0.4 is 0 Å². The van der Waals surface area contributed by atoms with Crippen molar-refractivity contribution >= 4 is 21.5 Å². The summed E-state index contributed by atoms with van der Waals surface area (Å²) in [6, 6.07) is 19.8. The Morgan fingerprint density at radius 3 is 2.37 bits per heavy atom. The molecule has 0 heterocycles. The lowest BCUT2D eigenvalue weighted by atomic mass is 9.97. The molecule has 0 heteroatoms. The fraction of sp³-hybridized carbons (Fsp3) is 0.211. The second-order valence-corrected chi connectivity index (χ2v) is 5.11. The van der Waals surface area contributed by atoms with Gasteiger partial charge >= 0.3 is 0 Å². The zero-order valence-corrected chi connectivity index (χ0v) is 11.4. The lowest BCUT2D eigenvalue weighted by Crippen LogP contribution is -1.86. The van der Waals surface area contributed by atoms with Gasteiger partial charge in [-0.1, -0.05) is 62.2 Å². The van der Waals surface area contributed by atoms with Crippen molar-refractivity contribution in [1.29, 1.82) is 0 Å². The fourth-order valence-electron chi connectivity index (χ4n) is 2.63. The summed E-state index contributed by atoms with van der Waals surface area (Å²) < 4.78 is 0. The van der Waals surface area contributed by atoms with Gasteiger partial charge in [-0.25, -0.2) is 0 Å². The molecule has 0 unspecified atom stereocenters. The Morgan fingerprint density at radius 2 is 1.58 bits per heavy atom. The van der Waals surface area contributed by atoms with Gasteiger partial charge in [-0.3, -0.25) is 0 Å². The summed E-state index contributed by atoms with van der Waals surface area (Å²) in [5.41, 5.74) is 1.37. The van der Waals surface area contributed by atoms with E-state index in [4.69, 9.17) is 0 Å². The number of unbranched alkanes of at least 4 members (excludes halogenated alkanes) is 2. The van der Waals surface area contributed by atoms with Gasteiger partial charge in [0.25, 0.3) is 0 Å². The third kappa shape index (κ3) is 2.49. The van der Waals surface area contributed by atoms with Gasteiger partial charge < -0.3 is 0 Å². The van der Waals surface area contributed by atoms with E-state index < -0.39 is 0 Å². The van der Waals surface area contributed by atoms with Crippen LogP contribution in [0.2, 0.25) is 0 Å². The number of fused-ring (bicyclic) bond motifs is 2. The highest BCUT2D eigenvalue weighted by atomic mass is 14.1. The third-order valence-electron chi connectivity index (χ3n) is 3.70. The van der Waals surface area contributed by atoms with Crippen molar-refractivity contribution < 1.29 is 0 Å². The van der Waals surface area contributed by atoms with E-state index in [1.807, 2.05) is 0 Å². The van der Waals surface area contributed by atoms with Gasteiger partial charge in [0.15, 0.2) is 0 Å². The Hall–Kier alpha value is -1.82. The second-order valence-electron chi connectivity index (χ2n) is 5.11. The maximum absolute atomic E-state index is 2.38. The van der Waals surface area contributed by atoms with E-state index in [0.29, 0.717) is 0 Å². The van der Waals surface area contributed by atoms with Gasteiger partial charge in [0.1, 0.15) is 0 Å².